The van der Waals surface area contributed by atoms with Crippen LogP contribution in [0.2, 0.25) is 0 Å². The van der Waals surface area contributed by atoms with Gasteiger partial charge in [-0.3, -0.25) is 9.59 Å². The lowest BCUT2D eigenvalue weighted by atomic mass is 9.97. The number of benzene rings is 2. The summed E-state index contributed by atoms with van der Waals surface area (Å²) in [5, 5.41) is 84.1. The molecule has 268 valence electrons. The van der Waals surface area contributed by atoms with E-state index in [0.717, 1.165) is 20.1 Å². The van der Waals surface area contributed by atoms with Gasteiger partial charge in [0, 0.05) is 18.6 Å². The number of rotatable bonds is 9. The van der Waals surface area contributed by atoms with Gasteiger partial charge in [-0.05, 0) is 25.1 Å². The van der Waals surface area contributed by atoms with E-state index >= 15 is 0 Å². The van der Waals surface area contributed by atoms with Crippen molar-refractivity contribution in [2.24, 2.45) is 0 Å². The molecule has 0 spiro atoms. The number of aliphatic hydroxyl groups excluding tert-OH is 5. The Morgan fingerprint density at radius 3 is 2.20 bits per heavy atom. The van der Waals surface area contributed by atoms with Crippen LogP contribution in [0.25, 0.3) is 22.3 Å². The second kappa shape index (κ2) is 14.2. The van der Waals surface area contributed by atoms with Crippen LogP contribution in [0.15, 0.2) is 33.5 Å². The van der Waals surface area contributed by atoms with Gasteiger partial charge in [0.25, 0.3) is 0 Å². The van der Waals surface area contributed by atoms with Crippen molar-refractivity contribution in [1.29, 1.82) is 0 Å². The number of aromatic hydroxyl groups is 3. The highest BCUT2D eigenvalue weighted by Crippen LogP contribution is 2.45. The van der Waals surface area contributed by atoms with Crippen LogP contribution in [-0.4, -0.2) is 129 Å². The van der Waals surface area contributed by atoms with Gasteiger partial charge in [0.2, 0.25) is 23.2 Å². The molecule has 0 bridgehead atoms. The lowest BCUT2D eigenvalue weighted by molar-refractivity contribution is -0.354. The van der Waals surface area contributed by atoms with E-state index in [1.807, 2.05) is 0 Å². The fraction of sp³-hybridized carbons (Fsp3) is 0.484. The Bertz CT molecular complexity index is 1740. The van der Waals surface area contributed by atoms with Crippen LogP contribution in [0, 0.1) is 0 Å². The second-order valence-electron chi connectivity index (χ2n) is 11.4. The summed E-state index contributed by atoms with van der Waals surface area (Å²) in [6.45, 7) is 1.93. The van der Waals surface area contributed by atoms with Gasteiger partial charge in [0.1, 0.15) is 54.4 Å². The Morgan fingerprint density at radius 2 is 1.55 bits per heavy atom. The molecule has 2 aliphatic heterocycles. The normalized spacial score (nSPS) is 30.1. The zero-order valence-corrected chi connectivity index (χ0v) is 26.5. The van der Waals surface area contributed by atoms with Crippen molar-refractivity contribution in [2.45, 2.75) is 75.3 Å². The van der Waals surface area contributed by atoms with E-state index in [1.54, 1.807) is 0 Å². The summed E-state index contributed by atoms with van der Waals surface area (Å²) in [6.07, 6.45) is -16.4. The summed E-state index contributed by atoms with van der Waals surface area (Å²) >= 11 is 0. The third kappa shape index (κ3) is 6.77. The van der Waals surface area contributed by atoms with Crippen molar-refractivity contribution in [3.05, 3.63) is 34.5 Å². The second-order valence-corrected chi connectivity index (χ2v) is 11.4. The molecule has 2 aromatic carbocycles. The molecule has 10 atom stereocenters. The van der Waals surface area contributed by atoms with Crippen molar-refractivity contribution in [1.82, 2.24) is 0 Å². The summed E-state index contributed by atoms with van der Waals surface area (Å²) in [5.41, 5.74) is -1.41. The zero-order valence-electron chi connectivity index (χ0n) is 26.5. The van der Waals surface area contributed by atoms with Crippen molar-refractivity contribution >= 4 is 16.9 Å². The molecule has 0 unspecified atom stereocenters. The predicted molar refractivity (Wildman–Crippen MR) is 161 cm³/mol. The number of ether oxygens (including phenoxy) is 7. The largest absolute Gasteiger partial charge is 0.507 e. The van der Waals surface area contributed by atoms with Crippen LogP contribution < -0.4 is 19.6 Å². The first kappa shape index (κ1) is 35.9. The molecule has 0 aliphatic carbocycles. The van der Waals surface area contributed by atoms with Crippen LogP contribution in [0.1, 0.15) is 13.8 Å². The van der Waals surface area contributed by atoms with Gasteiger partial charge < -0.3 is 78.4 Å². The number of aliphatic hydroxyl groups is 5. The zero-order chi connectivity index (χ0) is 35.9. The molecule has 3 aromatic rings. The summed E-state index contributed by atoms with van der Waals surface area (Å²) in [6, 6.07) is 4.73. The molecule has 3 heterocycles. The molecule has 18 nitrogen and oxygen atoms in total. The monoisotopic (exact) mass is 696 g/mol. The smallest absolute Gasteiger partial charge is 0.302 e. The van der Waals surface area contributed by atoms with Gasteiger partial charge in [-0.1, -0.05) is 0 Å². The number of phenols is 2. The fourth-order valence-electron chi connectivity index (χ4n) is 5.48. The molecule has 2 saturated heterocycles. The molecule has 5 rings (SSSR count). The number of carbonyl (C=O) groups is 1. The van der Waals surface area contributed by atoms with Crippen molar-refractivity contribution < 1.29 is 83.2 Å². The van der Waals surface area contributed by atoms with Gasteiger partial charge in [-0.15, -0.1) is 0 Å². The first-order valence-electron chi connectivity index (χ1n) is 14.8. The van der Waals surface area contributed by atoms with Crippen LogP contribution >= 0.6 is 0 Å². The first-order valence-corrected chi connectivity index (χ1v) is 14.8. The minimum Gasteiger partial charge on any atom is -0.507 e. The van der Waals surface area contributed by atoms with Crippen LogP contribution in [0.5, 0.6) is 34.5 Å². The maximum atomic E-state index is 13.3. The highest BCUT2D eigenvalue weighted by molar-refractivity contribution is 5.93. The molecule has 49 heavy (non-hydrogen) atoms. The van der Waals surface area contributed by atoms with E-state index in [-0.39, 0.29) is 22.8 Å². The predicted octanol–water partition coefficient (Wildman–Crippen LogP) is -0.805. The topological polar surface area (TPSA) is 274 Å². The third-order valence-corrected chi connectivity index (χ3v) is 8.13. The maximum Gasteiger partial charge on any atom is 0.302 e. The average Bonchev–Trinajstić information content (AvgIpc) is 3.06. The molecular weight excluding hydrogens is 660 g/mol. The number of hydrogen-bond donors (Lipinski definition) is 8. The Labute approximate surface area is 276 Å². The number of hydrogen-bond acceptors (Lipinski definition) is 18. The van der Waals surface area contributed by atoms with Gasteiger partial charge in [-0.25, -0.2) is 0 Å². The number of fused-ring (bicyclic) bond motifs is 1. The minimum absolute atomic E-state index is 0.0143. The summed E-state index contributed by atoms with van der Waals surface area (Å²) in [4.78, 5) is 24.8. The first-order chi connectivity index (χ1) is 23.2. The lowest BCUT2D eigenvalue weighted by Gasteiger charge is -2.45. The average molecular weight is 697 g/mol. The minimum atomic E-state index is -1.89. The molecule has 0 amide bonds. The van der Waals surface area contributed by atoms with Gasteiger partial charge in [0.05, 0.1) is 20.3 Å². The Morgan fingerprint density at radius 1 is 0.837 bits per heavy atom. The Balaban J connectivity index is 1.59. The summed E-state index contributed by atoms with van der Waals surface area (Å²) in [7, 11) is 2.44. The quantitative estimate of drug-likeness (QED) is 0.127. The molecular formula is C31H36O18. The molecule has 0 radical (unpaired) electrons. The number of esters is 1. The maximum absolute atomic E-state index is 13.3. The van der Waals surface area contributed by atoms with E-state index in [1.165, 1.54) is 32.2 Å². The van der Waals surface area contributed by atoms with E-state index in [4.69, 9.17) is 37.6 Å². The van der Waals surface area contributed by atoms with Crippen molar-refractivity contribution in [2.75, 3.05) is 20.8 Å². The van der Waals surface area contributed by atoms with E-state index in [2.05, 4.69) is 0 Å². The van der Waals surface area contributed by atoms with E-state index < -0.39 is 113 Å². The van der Waals surface area contributed by atoms with Crippen LogP contribution in [0.4, 0.5) is 0 Å². The Kier molecular flexibility index (Phi) is 10.4. The standard InChI is InChI=1S/C31H36O18/c1-10-19(35)22(38)25(41)30(45-10)49-29-23(39)20(36)17(9-44-11(2)32)47-31(29)46-16-8-14(34)18-21(37)24(40)26(48-28(18)27(16)43-4)12-5-6-13(33)15(7-12)42-3/h5-8,10,17,19-20,22-23,25,29-31,33-36,38-41H,9H2,1-4H3/t10-,17+,19-,20+,22-,23-,25+,29+,30+,31+/m1/s1. The van der Waals surface area contributed by atoms with Gasteiger partial charge >= 0.3 is 5.97 Å². The molecule has 8 N–H and O–H groups in total. The number of methoxy groups -OCH3 is 2. The summed E-state index contributed by atoms with van der Waals surface area (Å²) < 4.78 is 44.4. The van der Waals surface area contributed by atoms with Crippen LogP contribution in [0.3, 0.4) is 0 Å². The van der Waals surface area contributed by atoms with E-state index in [9.17, 15) is 50.4 Å². The highest BCUT2D eigenvalue weighted by atomic mass is 16.8. The molecule has 2 aliphatic rings. The fourth-order valence-corrected chi connectivity index (χ4v) is 5.48. The van der Waals surface area contributed by atoms with Gasteiger partial charge in [-0.2, -0.15) is 0 Å². The summed E-state index contributed by atoms with van der Waals surface area (Å²) in [5.74, 6) is -3.77. The van der Waals surface area contributed by atoms with Crippen LogP contribution in [-0.2, 0) is 23.7 Å². The number of phenolic OH excluding ortho intramolecular Hbond substituents is 2. The van der Waals surface area contributed by atoms with Crippen molar-refractivity contribution in [3.63, 3.8) is 0 Å². The lowest BCUT2D eigenvalue weighted by Crippen LogP contribution is -2.64. The third-order valence-electron chi connectivity index (χ3n) is 8.13. The highest BCUT2D eigenvalue weighted by Gasteiger charge is 2.51. The SMILES string of the molecule is COc1cc(-c2oc3c(OC)c(O[C@H]4O[C@@H](COC(C)=O)[C@H](O)[C@@H](O)[C@@H]4O[C@@H]4O[C@H](C)[C@@H](O)[C@@H](O)[C@@H]4O)cc(O)c3c(=O)c2O)ccc1O. The molecule has 1 aromatic heterocycles. The molecule has 18 heteroatoms. The van der Waals surface area contributed by atoms with Crippen molar-refractivity contribution in [3.8, 4) is 45.8 Å². The molecule has 2 fully saturated rings. The molecule has 0 saturated carbocycles. The van der Waals surface area contributed by atoms with E-state index in [0.29, 0.717) is 0 Å². The van der Waals surface area contributed by atoms with Gasteiger partial charge in [0.15, 0.2) is 41.0 Å². The number of carbonyl (C=O) groups excluding carboxylic acids is 1. The Hall–Kier alpha value is -4.40.